The minimum Gasteiger partial charge on any atom is -0.323 e. The van der Waals surface area contributed by atoms with Crippen LogP contribution in [0, 0.1) is 5.82 Å². The summed E-state index contributed by atoms with van der Waals surface area (Å²) in [5.41, 5.74) is 1.79. The van der Waals surface area contributed by atoms with E-state index < -0.39 is 0 Å². The van der Waals surface area contributed by atoms with Gasteiger partial charge in [0, 0.05) is 37.5 Å². The molecule has 3 nitrogen and oxygen atoms in total. The fourth-order valence-electron chi connectivity index (χ4n) is 3.53. The molecule has 2 aromatic rings. The Morgan fingerprint density at radius 2 is 2.10 bits per heavy atom. The van der Waals surface area contributed by atoms with Gasteiger partial charge in [0.25, 0.3) is 0 Å². The van der Waals surface area contributed by atoms with Crippen molar-refractivity contribution < 1.29 is 4.39 Å². The molecule has 2 heterocycles. The molecule has 0 bridgehead atoms. The first-order chi connectivity index (χ1) is 10.3. The van der Waals surface area contributed by atoms with Crippen molar-refractivity contribution in [3.8, 4) is 0 Å². The van der Waals surface area contributed by atoms with Gasteiger partial charge in [0.15, 0.2) is 0 Å². The maximum atomic E-state index is 13.6. The molecular formula is C16H19ClFN3. The van der Waals surface area contributed by atoms with Gasteiger partial charge < -0.3 is 4.57 Å². The van der Waals surface area contributed by atoms with Gasteiger partial charge in [0.1, 0.15) is 11.6 Å². The molecule has 4 rings (SSSR count). The molecule has 2 fully saturated rings. The molecule has 5 heteroatoms. The number of fused-ring (bicyclic) bond motifs is 1. The Hall–Kier alpha value is -1.13. The van der Waals surface area contributed by atoms with Gasteiger partial charge in [-0.2, -0.15) is 0 Å². The lowest BCUT2D eigenvalue weighted by Gasteiger charge is -2.18. The molecule has 1 aliphatic carbocycles. The van der Waals surface area contributed by atoms with E-state index in [1.165, 1.54) is 18.9 Å². The number of likely N-dealkylation sites (tertiary alicyclic amines) is 1. The molecule has 0 radical (unpaired) electrons. The van der Waals surface area contributed by atoms with Crippen molar-refractivity contribution in [3.63, 3.8) is 0 Å². The third-order valence-corrected chi connectivity index (χ3v) is 4.85. The zero-order valence-electron chi connectivity index (χ0n) is 11.9. The average Bonchev–Trinajstić information content (AvgIpc) is 3.10. The molecule has 1 atom stereocenters. The third-order valence-electron chi connectivity index (χ3n) is 4.67. The monoisotopic (exact) mass is 307 g/mol. The van der Waals surface area contributed by atoms with Crippen molar-refractivity contribution in [2.45, 2.75) is 37.8 Å². The summed E-state index contributed by atoms with van der Waals surface area (Å²) in [6, 6.07) is 6.05. The number of rotatable bonds is 4. The lowest BCUT2D eigenvalue weighted by molar-refractivity contribution is 0.314. The first-order valence-electron chi connectivity index (χ1n) is 7.72. The van der Waals surface area contributed by atoms with Crippen LogP contribution in [0.25, 0.3) is 11.0 Å². The second kappa shape index (κ2) is 5.25. The van der Waals surface area contributed by atoms with Gasteiger partial charge in [-0.15, -0.1) is 11.6 Å². The Kier molecular flexibility index (Phi) is 3.38. The summed E-state index contributed by atoms with van der Waals surface area (Å²) < 4.78 is 15.9. The van der Waals surface area contributed by atoms with Crippen LogP contribution in [-0.4, -0.2) is 39.5 Å². The van der Waals surface area contributed by atoms with Crippen LogP contribution in [0.4, 0.5) is 4.39 Å². The van der Waals surface area contributed by atoms with E-state index in [2.05, 4.69) is 14.5 Å². The smallest absolute Gasteiger partial charge is 0.125 e. The van der Waals surface area contributed by atoms with Crippen LogP contribution in [0.15, 0.2) is 18.2 Å². The van der Waals surface area contributed by atoms with Crippen LogP contribution in [-0.2, 0) is 6.42 Å². The van der Waals surface area contributed by atoms with Crippen molar-refractivity contribution in [1.82, 2.24) is 14.5 Å². The van der Waals surface area contributed by atoms with Gasteiger partial charge in [-0.05, 0) is 37.5 Å². The van der Waals surface area contributed by atoms with Gasteiger partial charge in [-0.1, -0.05) is 0 Å². The van der Waals surface area contributed by atoms with Crippen LogP contribution in [0.2, 0.25) is 0 Å². The van der Waals surface area contributed by atoms with E-state index in [1.807, 2.05) is 0 Å². The van der Waals surface area contributed by atoms with E-state index in [1.54, 1.807) is 12.1 Å². The lowest BCUT2D eigenvalue weighted by atomic mass is 10.2. The van der Waals surface area contributed by atoms with Crippen LogP contribution >= 0.6 is 11.6 Å². The van der Waals surface area contributed by atoms with Gasteiger partial charge in [-0.3, -0.25) is 4.90 Å². The third kappa shape index (κ3) is 2.44. The molecule has 1 aromatic heterocycles. The molecule has 0 amide bonds. The van der Waals surface area contributed by atoms with Crippen LogP contribution in [0.1, 0.15) is 31.1 Å². The minimum atomic E-state index is -0.196. The second-order valence-corrected chi connectivity index (χ2v) is 6.52. The number of aromatic nitrogens is 2. The Morgan fingerprint density at radius 3 is 2.86 bits per heavy atom. The molecular weight excluding hydrogens is 289 g/mol. The van der Waals surface area contributed by atoms with E-state index in [4.69, 9.17) is 11.6 Å². The summed E-state index contributed by atoms with van der Waals surface area (Å²) in [5.74, 6) is 1.34. The number of hydrogen-bond donors (Lipinski definition) is 0. The zero-order chi connectivity index (χ0) is 14.4. The second-order valence-electron chi connectivity index (χ2n) is 6.14. The van der Waals surface area contributed by atoms with Crippen LogP contribution < -0.4 is 0 Å². The normalized spacial score (nSPS) is 23.2. The first kappa shape index (κ1) is 13.5. The van der Waals surface area contributed by atoms with Crippen LogP contribution in [0.5, 0.6) is 0 Å². The van der Waals surface area contributed by atoms with Crippen molar-refractivity contribution in [2.24, 2.45) is 0 Å². The summed E-state index contributed by atoms with van der Waals surface area (Å²) in [7, 11) is 0. The maximum Gasteiger partial charge on any atom is 0.125 e. The standard InChI is InChI=1S/C16H19ClFN3/c17-7-5-16-19-14-4-1-11(18)9-15(14)21(16)13-6-8-20(10-13)12-2-3-12/h1,4,9,12-13H,2-3,5-8,10H2. The highest BCUT2D eigenvalue weighted by Crippen LogP contribution is 2.35. The predicted octanol–water partition coefficient (Wildman–Crippen LogP) is 3.37. The Labute approximate surface area is 128 Å². The quantitative estimate of drug-likeness (QED) is 0.808. The topological polar surface area (TPSA) is 21.1 Å². The van der Waals surface area contributed by atoms with E-state index in [-0.39, 0.29) is 5.82 Å². The highest BCUT2D eigenvalue weighted by Gasteiger charge is 2.36. The molecule has 112 valence electrons. The van der Waals surface area contributed by atoms with Crippen molar-refractivity contribution in [3.05, 3.63) is 29.8 Å². The van der Waals surface area contributed by atoms with Gasteiger partial charge in [-0.25, -0.2) is 9.37 Å². The molecule has 1 unspecified atom stereocenters. The van der Waals surface area contributed by atoms with Crippen LogP contribution in [0.3, 0.4) is 0 Å². The van der Waals surface area contributed by atoms with E-state index >= 15 is 0 Å². The number of imidazole rings is 1. The molecule has 0 N–H and O–H groups in total. The zero-order valence-corrected chi connectivity index (χ0v) is 12.7. The maximum absolute atomic E-state index is 13.6. The summed E-state index contributed by atoms with van der Waals surface area (Å²) in [6.07, 6.45) is 4.52. The number of benzene rings is 1. The summed E-state index contributed by atoms with van der Waals surface area (Å²) in [5, 5.41) is 0. The SMILES string of the molecule is Fc1ccc2nc(CCCl)n(C3CCN(C4CC4)C3)c2c1. The number of halogens is 2. The predicted molar refractivity (Wildman–Crippen MR) is 82.4 cm³/mol. The summed E-state index contributed by atoms with van der Waals surface area (Å²) in [4.78, 5) is 7.24. The van der Waals surface area contributed by atoms with Gasteiger partial charge >= 0.3 is 0 Å². The number of alkyl halides is 1. The highest BCUT2D eigenvalue weighted by molar-refractivity contribution is 6.17. The summed E-state index contributed by atoms with van der Waals surface area (Å²) in [6.45, 7) is 2.20. The molecule has 1 saturated heterocycles. The van der Waals surface area contributed by atoms with E-state index in [0.717, 1.165) is 48.8 Å². The molecule has 2 aliphatic rings. The largest absolute Gasteiger partial charge is 0.323 e. The molecule has 0 spiro atoms. The minimum absolute atomic E-state index is 0.196. The molecule has 1 saturated carbocycles. The van der Waals surface area contributed by atoms with Crippen molar-refractivity contribution >= 4 is 22.6 Å². The fourth-order valence-corrected chi connectivity index (χ4v) is 3.70. The van der Waals surface area contributed by atoms with Crippen molar-refractivity contribution in [1.29, 1.82) is 0 Å². The Bertz CT molecular complexity index is 665. The first-order valence-corrected chi connectivity index (χ1v) is 8.26. The van der Waals surface area contributed by atoms with Crippen molar-refractivity contribution in [2.75, 3.05) is 19.0 Å². The van der Waals surface area contributed by atoms with E-state index in [0.29, 0.717) is 11.9 Å². The van der Waals surface area contributed by atoms with Gasteiger partial charge in [0.05, 0.1) is 11.0 Å². The molecule has 21 heavy (non-hydrogen) atoms. The fraction of sp³-hybridized carbons (Fsp3) is 0.562. The van der Waals surface area contributed by atoms with E-state index in [9.17, 15) is 4.39 Å². The Morgan fingerprint density at radius 1 is 1.24 bits per heavy atom. The van der Waals surface area contributed by atoms with Gasteiger partial charge in [0.2, 0.25) is 0 Å². The summed E-state index contributed by atoms with van der Waals surface area (Å²) >= 11 is 5.92. The number of aryl methyl sites for hydroxylation is 1. The number of hydrogen-bond acceptors (Lipinski definition) is 2. The average molecular weight is 308 g/mol. The lowest BCUT2D eigenvalue weighted by Crippen LogP contribution is -2.24. The molecule has 1 aliphatic heterocycles. The number of nitrogens with zero attached hydrogens (tertiary/aromatic N) is 3. The highest BCUT2D eigenvalue weighted by atomic mass is 35.5. The molecule has 1 aromatic carbocycles. The Balaban J connectivity index is 1.74.